The Labute approximate surface area is 183 Å². The highest BCUT2D eigenvalue weighted by Crippen LogP contribution is 2.29. The highest BCUT2D eigenvalue weighted by Gasteiger charge is 2.26. The van der Waals surface area contributed by atoms with E-state index < -0.39 is 0 Å². The maximum absolute atomic E-state index is 12.6. The number of likely N-dealkylation sites (tertiary alicyclic amines) is 1. The lowest BCUT2D eigenvalue weighted by Crippen LogP contribution is -2.36. The van der Waals surface area contributed by atoms with E-state index in [1.54, 1.807) is 0 Å². The second-order valence-electron chi connectivity index (χ2n) is 8.99. The fourth-order valence-electron chi connectivity index (χ4n) is 5.07. The Morgan fingerprint density at radius 3 is 2.87 bits per heavy atom. The fourth-order valence-corrected chi connectivity index (χ4v) is 5.07. The summed E-state index contributed by atoms with van der Waals surface area (Å²) in [6, 6.07) is 12.6. The van der Waals surface area contributed by atoms with Crippen molar-refractivity contribution in [2.45, 2.75) is 63.5 Å². The van der Waals surface area contributed by atoms with Crippen molar-refractivity contribution in [1.82, 2.24) is 20.4 Å². The minimum Gasteiger partial charge on any atom is -0.351 e. The molecule has 6 heteroatoms. The molecule has 3 aromatic rings. The van der Waals surface area contributed by atoms with Crippen LogP contribution in [0.1, 0.15) is 72.7 Å². The molecule has 2 aliphatic rings. The molecular weight excluding hydrogens is 388 g/mol. The van der Waals surface area contributed by atoms with Crippen LogP contribution in [0.3, 0.4) is 0 Å². The van der Waals surface area contributed by atoms with Gasteiger partial charge in [-0.15, -0.1) is 0 Å². The average Bonchev–Trinajstić information content (AvgIpc) is 3.31. The van der Waals surface area contributed by atoms with Gasteiger partial charge in [-0.2, -0.15) is 0 Å². The van der Waals surface area contributed by atoms with Gasteiger partial charge in [-0.25, -0.2) is 0 Å². The molecule has 0 unspecified atom stereocenters. The number of benzene rings is 1. The molecule has 2 fully saturated rings. The van der Waals surface area contributed by atoms with Crippen molar-refractivity contribution in [2.75, 3.05) is 13.1 Å². The van der Waals surface area contributed by atoms with Gasteiger partial charge < -0.3 is 9.84 Å². The number of piperidine rings is 1. The van der Waals surface area contributed by atoms with E-state index in [0.29, 0.717) is 11.7 Å². The molecule has 1 atom stereocenters. The molecule has 3 heterocycles. The first-order valence-corrected chi connectivity index (χ1v) is 11.6. The molecule has 1 aliphatic carbocycles. The second-order valence-corrected chi connectivity index (χ2v) is 8.99. The molecule has 1 saturated carbocycles. The molecule has 0 bridgehead atoms. The van der Waals surface area contributed by atoms with Crippen LogP contribution in [0.15, 0.2) is 47.1 Å². The first-order valence-electron chi connectivity index (χ1n) is 11.6. The number of fused-ring (bicyclic) bond motifs is 1. The standard InChI is InChI=1S/C25H30N4O2/c30-25(27-20-8-2-1-3-9-20)24-15-23(28-31-24)19-7-6-14-29(17-19)16-18-12-13-26-22-11-5-4-10-21(18)22/h4-5,10-13,15,19-20H,1-3,6-9,14,16-17H2,(H,27,30)/t19-/m1/s1. The van der Waals surface area contributed by atoms with Crippen LogP contribution in [0.2, 0.25) is 0 Å². The summed E-state index contributed by atoms with van der Waals surface area (Å²) in [6.07, 6.45) is 9.87. The molecule has 6 nitrogen and oxygen atoms in total. The molecule has 1 saturated heterocycles. The van der Waals surface area contributed by atoms with E-state index in [9.17, 15) is 4.79 Å². The zero-order valence-corrected chi connectivity index (χ0v) is 17.9. The van der Waals surface area contributed by atoms with Crippen LogP contribution in [0, 0.1) is 0 Å². The number of amides is 1. The zero-order valence-electron chi connectivity index (χ0n) is 17.9. The number of pyridine rings is 1. The quantitative estimate of drug-likeness (QED) is 0.652. The SMILES string of the molecule is O=C(NC1CCCCC1)c1cc([C@@H]2CCCN(Cc3ccnc4ccccc34)C2)no1. The van der Waals surface area contributed by atoms with Crippen molar-refractivity contribution in [1.29, 1.82) is 0 Å². The smallest absolute Gasteiger partial charge is 0.290 e. The van der Waals surface area contributed by atoms with Crippen LogP contribution in [0.5, 0.6) is 0 Å². The van der Waals surface area contributed by atoms with E-state index in [1.165, 1.54) is 30.2 Å². The normalized spacial score (nSPS) is 20.7. The summed E-state index contributed by atoms with van der Waals surface area (Å²) < 4.78 is 5.44. The predicted molar refractivity (Wildman–Crippen MR) is 120 cm³/mol. The fraction of sp³-hybridized carbons (Fsp3) is 0.480. The second kappa shape index (κ2) is 9.18. The number of hydrogen-bond acceptors (Lipinski definition) is 5. The maximum atomic E-state index is 12.6. The van der Waals surface area contributed by atoms with Gasteiger partial charge in [-0.1, -0.05) is 42.6 Å². The van der Waals surface area contributed by atoms with Crippen molar-refractivity contribution in [3.63, 3.8) is 0 Å². The number of para-hydroxylation sites is 1. The summed E-state index contributed by atoms with van der Waals surface area (Å²) in [5.74, 6) is 0.515. The van der Waals surface area contributed by atoms with Gasteiger partial charge in [0.05, 0.1) is 11.2 Å². The van der Waals surface area contributed by atoms with Crippen molar-refractivity contribution in [3.8, 4) is 0 Å². The minimum absolute atomic E-state index is 0.124. The molecule has 0 spiro atoms. The molecule has 1 amide bonds. The van der Waals surface area contributed by atoms with Gasteiger partial charge in [0.15, 0.2) is 0 Å². The van der Waals surface area contributed by atoms with Crippen LogP contribution < -0.4 is 5.32 Å². The summed E-state index contributed by atoms with van der Waals surface area (Å²) >= 11 is 0. The largest absolute Gasteiger partial charge is 0.351 e. The van der Waals surface area contributed by atoms with Gasteiger partial charge in [-0.3, -0.25) is 14.7 Å². The molecular formula is C25H30N4O2. The molecule has 0 radical (unpaired) electrons. The Morgan fingerprint density at radius 2 is 1.97 bits per heavy atom. The van der Waals surface area contributed by atoms with E-state index >= 15 is 0 Å². The lowest BCUT2D eigenvalue weighted by atomic mass is 9.94. The Kier molecular flexibility index (Phi) is 5.98. The topological polar surface area (TPSA) is 71.3 Å². The third-order valence-corrected chi connectivity index (χ3v) is 6.75. The highest BCUT2D eigenvalue weighted by molar-refractivity contribution is 5.91. The van der Waals surface area contributed by atoms with Gasteiger partial charge in [0.2, 0.25) is 5.76 Å². The summed E-state index contributed by atoms with van der Waals surface area (Å²) in [6.45, 7) is 2.89. The maximum Gasteiger partial charge on any atom is 0.290 e. The Morgan fingerprint density at radius 1 is 1.10 bits per heavy atom. The van der Waals surface area contributed by atoms with Crippen LogP contribution >= 0.6 is 0 Å². The number of rotatable bonds is 5. The molecule has 1 aliphatic heterocycles. The van der Waals surface area contributed by atoms with E-state index in [-0.39, 0.29) is 11.9 Å². The van der Waals surface area contributed by atoms with Crippen molar-refractivity contribution >= 4 is 16.8 Å². The van der Waals surface area contributed by atoms with Crippen LogP contribution in [0.4, 0.5) is 0 Å². The number of nitrogens with one attached hydrogen (secondary N) is 1. The Hall–Kier alpha value is -2.73. The predicted octanol–water partition coefficient (Wildman–Crippen LogP) is 4.66. The molecule has 5 rings (SSSR count). The van der Waals surface area contributed by atoms with E-state index in [2.05, 4.69) is 44.6 Å². The number of nitrogens with zero attached hydrogens (tertiary/aromatic N) is 3. The Bertz CT molecular complexity index is 1040. The van der Waals surface area contributed by atoms with Gasteiger partial charge in [0.1, 0.15) is 0 Å². The molecule has 2 aromatic heterocycles. The third-order valence-electron chi connectivity index (χ3n) is 6.75. The van der Waals surface area contributed by atoms with Gasteiger partial charge in [0, 0.05) is 42.7 Å². The number of hydrogen-bond donors (Lipinski definition) is 1. The monoisotopic (exact) mass is 418 g/mol. The van der Waals surface area contributed by atoms with E-state index in [4.69, 9.17) is 4.52 Å². The third kappa shape index (κ3) is 4.64. The summed E-state index contributed by atoms with van der Waals surface area (Å²) in [7, 11) is 0. The van der Waals surface area contributed by atoms with Crippen LogP contribution in [0.25, 0.3) is 10.9 Å². The van der Waals surface area contributed by atoms with Gasteiger partial charge >= 0.3 is 0 Å². The lowest BCUT2D eigenvalue weighted by molar-refractivity contribution is 0.0890. The molecule has 1 N–H and O–H groups in total. The lowest BCUT2D eigenvalue weighted by Gasteiger charge is -2.32. The highest BCUT2D eigenvalue weighted by atomic mass is 16.5. The zero-order chi connectivity index (χ0) is 21.0. The first kappa shape index (κ1) is 20.2. The van der Waals surface area contributed by atoms with Crippen LogP contribution in [-0.4, -0.2) is 40.1 Å². The van der Waals surface area contributed by atoms with Crippen molar-refractivity contribution in [3.05, 3.63) is 59.6 Å². The first-order chi connectivity index (χ1) is 15.3. The van der Waals surface area contributed by atoms with E-state index in [0.717, 1.165) is 56.5 Å². The number of aromatic nitrogens is 2. The average molecular weight is 419 g/mol. The molecule has 31 heavy (non-hydrogen) atoms. The van der Waals surface area contributed by atoms with Crippen LogP contribution in [-0.2, 0) is 6.54 Å². The summed E-state index contributed by atoms with van der Waals surface area (Å²) in [5.41, 5.74) is 3.25. The molecule has 1 aromatic carbocycles. The van der Waals surface area contributed by atoms with Crippen molar-refractivity contribution < 1.29 is 9.32 Å². The van der Waals surface area contributed by atoms with Gasteiger partial charge in [-0.05, 0) is 49.9 Å². The summed E-state index contributed by atoms with van der Waals surface area (Å²) in [5, 5.41) is 8.61. The van der Waals surface area contributed by atoms with Gasteiger partial charge in [0.25, 0.3) is 5.91 Å². The molecule has 162 valence electrons. The number of carbonyl (C=O) groups is 1. The van der Waals surface area contributed by atoms with Crippen molar-refractivity contribution in [2.24, 2.45) is 0 Å². The Balaban J connectivity index is 1.24. The minimum atomic E-state index is -0.124. The van der Waals surface area contributed by atoms with E-state index in [1.807, 2.05) is 18.3 Å². The summed E-state index contributed by atoms with van der Waals surface area (Å²) in [4.78, 5) is 19.5. The number of carbonyl (C=O) groups excluding carboxylic acids is 1.